The van der Waals surface area contributed by atoms with E-state index in [1.165, 1.54) is 0 Å². The number of hydrogen-bond donors (Lipinski definition) is 1. The standard InChI is InChI=1S/C15H20N4O/c16-7-4-8-18-9-11-19(12-10-18)15(20)14(17)13-5-2-1-3-6-13/h1-3,5-6,14H,4,8-12,17H2/t14-/m1/s1. The Morgan fingerprint density at radius 1 is 1.25 bits per heavy atom. The van der Waals surface area contributed by atoms with E-state index in [0.29, 0.717) is 19.5 Å². The number of carbonyl (C=O) groups is 1. The van der Waals surface area contributed by atoms with Crippen LogP contribution >= 0.6 is 0 Å². The van der Waals surface area contributed by atoms with Gasteiger partial charge in [0, 0.05) is 39.1 Å². The molecule has 0 aromatic heterocycles. The van der Waals surface area contributed by atoms with Crippen molar-refractivity contribution < 1.29 is 4.79 Å². The van der Waals surface area contributed by atoms with E-state index in [9.17, 15) is 4.79 Å². The zero-order valence-corrected chi connectivity index (χ0v) is 11.5. The smallest absolute Gasteiger partial charge is 0.244 e. The molecule has 1 saturated heterocycles. The van der Waals surface area contributed by atoms with Crippen LogP contribution in [0.15, 0.2) is 30.3 Å². The van der Waals surface area contributed by atoms with Gasteiger partial charge in [-0.15, -0.1) is 0 Å². The second-order valence-corrected chi connectivity index (χ2v) is 4.96. The number of amides is 1. The van der Waals surface area contributed by atoms with E-state index in [2.05, 4.69) is 11.0 Å². The second kappa shape index (κ2) is 7.04. The molecule has 1 amide bonds. The Morgan fingerprint density at radius 3 is 2.50 bits per heavy atom. The van der Waals surface area contributed by atoms with Gasteiger partial charge < -0.3 is 10.6 Å². The van der Waals surface area contributed by atoms with Gasteiger partial charge in [-0.25, -0.2) is 0 Å². The van der Waals surface area contributed by atoms with Crippen molar-refractivity contribution >= 4 is 5.91 Å². The fourth-order valence-corrected chi connectivity index (χ4v) is 2.40. The van der Waals surface area contributed by atoms with Gasteiger partial charge in [-0.2, -0.15) is 5.26 Å². The number of hydrogen-bond acceptors (Lipinski definition) is 4. The fraction of sp³-hybridized carbons (Fsp3) is 0.467. The first kappa shape index (κ1) is 14.5. The lowest BCUT2D eigenvalue weighted by Gasteiger charge is -2.35. The minimum Gasteiger partial charge on any atom is -0.338 e. The van der Waals surface area contributed by atoms with Crippen molar-refractivity contribution in [3.05, 3.63) is 35.9 Å². The second-order valence-electron chi connectivity index (χ2n) is 4.96. The van der Waals surface area contributed by atoms with Crippen LogP contribution in [0.3, 0.4) is 0 Å². The van der Waals surface area contributed by atoms with Gasteiger partial charge >= 0.3 is 0 Å². The molecule has 0 spiro atoms. The average molecular weight is 272 g/mol. The zero-order chi connectivity index (χ0) is 14.4. The topological polar surface area (TPSA) is 73.4 Å². The van der Waals surface area contributed by atoms with E-state index < -0.39 is 6.04 Å². The number of nitrogens with zero attached hydrogens (tertiary/aromatic N) is 3. The van der Waals surface area contributed by atoms with Crippen LogP contribution in [-0.4, -0.2) is 48.4 Å². The summed E-state index contributed by atoms with van der Waals surface area (Å²) in [5, 5.41) is 8.58. The number of rotatable bonds is 4. The van der Waals surface area contributed by atoms with Crippen molar-refractivity contribution in [2.75, 3.05) is 32.7 Å². The zero-order valence-electron chi connectivity index (χ0n) is 11.5. The van der Waals surface area contributed by atoms with Crippen LogP contribution in [-0.2, 0) is 4.79 Å². The van der Waals surface area contributed by atoms with E-state index in [0.717, 1.165) is 25.2 Å². The summed E-state index contributed by atoms with van der Waals surface area (Å²) in [7, 11) is 0. The molecule has 0 aliphatic carbocycles. The van der Waals surface area contributed by atoms with E-state index in [1.54, 1.807) is 0 Å². The largest absolute Gasteiger partial charge is 0.338 e. The van der Waals surface area contributed by atoms with Gasteiger partial charge in [-0.05, 0) is 5.56 Å². The summed E-state index contributed by atoms with van der Waals surface area (Å²) in [5.74, 6) is -0.0175. The third kappa shape index (κ3) is 3.56. The monoisotopic (exact) mass is 272 g/mol. The number of benzene rings is 1. The fourth-order valence-electron chi connectivity index (χ4n) is 2.40. The van der Waals surface area contributed by atoms with E-state index in [4.69, 9.17) is 11.0 Å². The van der Waals surface area contributed by atoms with Gasteiger partial charge in [-0.1, -0.05) is 30.3 Å². The highest BCUT2D eigenvalue weighted by molar-refractivity contribution is 5.83. The third-order valence-electron chi connectivity index (χ3n) is 3.65. The van der Waals surface area contributed by atoms with E-state index >= 15 is 0 Å². The molecule has 0 unspecified atom stereocenters. The molecular formula is C15H20N4O. The van der Waals surface area contributed by atoms with Crippen LogP contribution in [0.4, 0.5) is 0 Å². The molecule has 1 heterocycles. The molecule has 0 bridgehead atoms. The van der Waals surface area contributed by atoms with Crippen LogP contribution in [0.25, 0.3) is 0 Å². The average Bonchev–Trinajstić information content (AvgIpc) is 2.53. The van der Waals surface area contributed by atoms with Gasteiger partial charge in [-0.3, -0.25) is 9.69 Å². The molecule has 5 heteroatoms. The maximum Gasteiger partial charge on any atom is 0.244 e. The van der Waals surface area contributed by atoms with E-state index in [1.807, 2.05) is 35.2 Å². The molecule has 106 valence electrons. The molecule has 5 nitrogen and oxygen atoms in total. The normalized spacial score (nSPS) is 17.5. The lowest BCUT2D eigenvalue weighted by atomic mass is 10.1. The predicted octanol–water partition coefficient (Wildman–Crippen LogP) is 0.744. The van der Waals surface area contributed by atoms with Gasteiger partial charge in [0.2, 0.25) is 5.91 Å². The number of carbonyl (C=O) groups excluding carboxylic acids is 1. The Morgan fingerprint density at radius 2 is 1.90 bits per heavy atom. The van der Waals surface area contributed by atoms with Gasteiger partial charge in [0.25, 0.3) is 0 Å². The molecule has 0 saturated carbocycles. The predicted molar refractivity (Wildman–Crippen MR) is 76.6 cm³/mol. The van der Waals surface area contributed by atoms with Gasteiger partial charge in [0.15, 0.2) is 0 Å². The molecule has 1 aromatic rings. The maximum absolute atomic E-state index is 12.3. The number of piperazine rings is 1. The molecule has 2 rings (SSSR count). The molecule has 1 aliphatic heterocycles. The first-order valence-corrected chi connectivity index (χ1v) is 6.91. The molecule has 1 aliphatic rings. The van der Waals surface area contributed by atoms with Crippen molar-refractivity contribution in [1.82, 2.24) is 9.80 Å². The first-order chi connectivity index (χ1) is 9.72. The lowest BCUT2D eigenvalue weighted by Crippen LogP contribution is -2.51. The Balaban J connectivity index is 1.87. The van der Waals surface area contributed by atoms with Crippen molar-refractivity contribution in [2.24, 2.45) is 5.73 Å². The van der Waals surface area contributed by atoms with Crippen LogP contribution in [0, 0.1) is 11.3 Å². The van der Waals surface area contributed by atoms with Crippen LogP contribution in [0.2, 0.25) is 0 Å². The first-order valence-electron chi connectivity index (χ1n) is 6.91. The van der Waals surface area contributed by atoms with Crippen LogP contribution in [0.5, 0.6) is 0 Å². The lowest BCUT2D eigenvalue weighted by molar-refractivity contribution is -0.134. The summed E-state index contributed by atoms with van der Waals surface area (Å²) >= 11 is 0. The SMILES string of the molecule is N#CCCN1CCN(C(=O)[C@H](N)c2ccccc2)CC1. The maximum atomic E-state index is 12.3. The summed E-state index contributed by atoms with van der Waals surface area (Å²) in [6.07, 6.45) is 0.539. The number of nitrogens with two attached hydrogens (primary N) is 1. The van der Waals surface area contributed by atoms with Crippen molar-refractivity contribution in [2.45, 2.75) is 12.5 Å². The van der Waals surface area contributed by atoms with Crippen molar-refractivity contribution in [1.29, 1.82) is 5.26 Å². The minimum absolute atomic E-state index is 0.0175. The Labute approximate surface area is 119 Å². The highest BCUT2D eigenvalue weighted by atomic mass is 16.2. The Hall–Kier alpha value is -1.90. The Kier molecular flexibility index (Phi) is 5.10. The summed E-state index contributed by atoms with van der Waals surface area (Å²) in [4.78, 5) is 16.4. The quantitative estimate of drug-likeness (QED) is 0.877. The van der Waals surface area contributed by atoms with Crippen molar-refractivity contribution in [3.8, 4) is 6.07 Å². The summed E-state index contributed by atoms with van der Waals surface area (Å²) < 4.78 is 0. The molecule has 1 fully saturated rings. The molecule has 20 heavy (non-hydrogen) atoms. The molecule has 0 radical (unpaired) electrons. The summed E-state index contributed by atoms with van der Waals surface area (Å²) in [6, 6.07) is 11.0. The van der Waals surface area contributed by atoms with Gasteiger partial charge in [0.1, 0.15) is 6.04 Å². The Bertz CT molecular complexity index is 474. The van der Waals surface area contributed by atoms with Gasteiger partial charge in [0.05, 0.1) is 6.07 Å². The minimum atomic E-state index is -0.582. The van der Waals surface area contributed by atoms with E-state index in [-0.39, 0.29) is 5.91 Å². The third-order valence-corrected chi connectivity index (χ3v) is 3.65. The highest BCUT2D eigenvalue weighted by Gasteiger charge is 2.25. The summed E-state index contributed by atoms with van der Waals surface area (Å²) in [5.41, 5.74) is 6.89. The number of nitriles is 1. The molecule has 1 aromatic carbocycles. The van der Waals surface area contributed by atoms with Crippen LogP contribution < -0.4 is 5.73 Å². The van der Waals surface area contributed by atoms with Crippen molar-refractivity contribution in [3.63, 3.8) is 0 Å². The van der Waals surface area contributed by atoms with Crippen LogP contribution in [0.1, 0.15) is 18.0 Å². The molecule has 1 atom stereocenters. The molecular weight excluding hydrogens is 252 g/mol. The molecule has 2 N–H and O–H groups in total. The highest BCUT2D eigenvalue weighted by Crippen LogP contribution is 2.14. The summed E-state index contributed by atoms with van der Waals surface area (Å²) in [6.45, 7) is 3.78.